The molecule has 0 bridgehead atoms. The van der Waals surface area contributed by atoms with Crippen molar-refractivity contribution in [1.29, 1.82) is 0 Å². The Morgan fingerprint density at radius 3 is 2.42 bits per heavy atom. The second kappa shape index (κ2) is 10.5. The summed E-state index contributed by atoms with van der Waals surface area (Å²) in [7, 11) is 4.19. The van der Waals surface area contributed by atoms with Crippen LogP contribution in [0.15, 0.2) is 30.5 Å². The van der Waals surface area contributed by atoms with Gasteiger partial charge in [0, 0.05) is 30.7 Å². The molecule has 1 atom stereocenters. The third-order valence-electron chi connectivity index (χ3n) is 7.00. The summed E-state index contributed by atoms with van der Waals surface area (Å²) in [6.45, 7) is 1.27. The Balaban J connectivity index is 1.28. The fourth-order valence-corrected chi connectivity index (χ4v) is 4.84. The van der Waals surface area contributed by atoms with Crippen LogP contribution in [0.5, 0.6) is 0 Å². The lowest BCUT2D eigenvalue weighted by atomic mass is 9.88. The zero-order valence-corrected chi connectivity index (χ0v) is 19.3. The van der Waals surface area contributed by atoms with E-state index >= 15 is 0 Å². The molecule has 2 heterocycles. The number of nitrogens with one attached hydrogen (secondary N) is 1. The molecule has 2 aliphatic rings. The van der Waals surface area contributed by atoms with Crippen molar-refractivity contribution >= 4 is 11.9 Å². The van der Waals surface area contributed by atoms with Gasteiger partial charge in [-0.2, -0.15) is 5.10 Å². The highest BCUT2D eigenvalue weighted by atomic mass is 19.1. The van der Waals surface area contributed by atoms with Crippen LogP contribution in [-0.2, 0) is 4.79 Å². The van der Waals surface area contributed by atoms with Crippen LogP contribution in [0.3, 0.4) is 0 Å². The summed E-state index contributed by atoms with van der Waals surface area (Å²) in [6, 6.07) is 6.84. The fraction of sp³-hybridized carbons (Fsp3) is 0.583. The lowest BCUT2D eigenvalue weighted by Gasteiger charge is -2.35. The lowest BCUT2D eigenvalue weighted by molar-refractivity contribution is -0.133. The van der Waals surface area contributed by atoms with Crippen LogP contribution in [0.4, 0.5) is 10.3 Å². The Morgan fingerprint density at radius 2 is 1.79 bits per heavy atom. The number of rotatable bonds is 6. The number of hydrogen-bond donors (Lipinski definition) is 2. The summed E-state index contributed by atoms with van der Waals surface area (Å²) in [5.41, 5.74) is 1.40. The lowest BCUT2D eigenvalue weighted by Crippen LogP contribution is -2.49. The zero-order valence-electron chi connectivity index (χ0n) is 19.3. The number of aliphatic hydroxyl groups is 1. The van der Waals surface area contributed by atoms with Gasteiger partial charge in [-0.25, -0.2) is 9.37 Å². The Bertz CT molecular complexity index is 925. The number of carbonyl (C=O) groups is 1. The number of hydrogen-bond acceptors (Lipinski definition) is 7. The number of aliphatic hydroxyl groups excluding tert-OH is 1. The minimum absolute atomic E-state index is 0.0902. The summed E-state index contributed by atoms with van der Waals surface area (Å²) in [4.78, 5) is 21.5. The van der Waals surface area contributed by atoms with Gasteiger partial charge in [0.1, 0.15) is 11.9 Å². The first-order valence-corrected chi connectivity index (χ1v) is 11.8. The molecule has 1 unspecified atom stereocenters. The van der Waals surface area contributed by atoms with E-state index in [-0.39, 0.29) is 23.7 Å². The van der Waals surface area contributed by atoms with E-state index in [9.17, 15) is 14.3 Å². The maximum Gasteiger partial charge on any atom is 0.249 e. The van der Waals surface area contributed by atoms with Crippen LogP contribution in [0.1, 0.15) is 38.5 Å². The van der Waals surface area contributed by atoms with E-state index in [1.54, 1.807) is 18.3 Å². The van der Waals surface area contributed by atoms with Gasteiger partial charge in [0.15, 0.2) is 0 Å². The largest absolute Gasteiger partial charge is 0.383 e. The predicted octanol–water partition coefficient (Wildman–Crippen LogP) is 2.24. The summed E-state index contributed by atoms with van der Waals surface area (Å²) >= 11 is 0. The molecule has 4 rings (SSSR count). The van der Waals surface area contributed by atoms with E-state index in [1.807, 2.05) is 4.90 Å². The Hall–Kier alpha value is -2.65. The van der Waals surface area contributed by atoms with Crippen molar-refractivity contribution in [2.75, 3.05) is 32.1 Å². The van der Waals surface area contributed by atoms with Gasteiger partial charge in [0.2, 0.25) is 11.9 Å². The van der Waals surface area contributed by atoms with Crippen LogP contribution < -0.4 is 10.2 Å². The number of aromatic nitrogens is 3. The van der Waals surface area contributed by atoms with Gasteiger partial charge >= 0.3 is 0 Å². The summed E-state index contributed by atoms with van der Waals surface area (Å²) < 4.78 is 13.2. The van der Waals surface area contributed by atoms with Crippen LogP contribution in [-0.4, -0.2) is 76.5 Å². The summed E-state index contributed by atoms with van der Waals surface area (Å²) in [6.07, 6.45) is 5.95. The molecule has 9 heteroatoms. The minimum Gasteiger partial charge on any atom is -0.383 e. The fourth-order valence-electron chi connectivity index (χ4n) is 4.84. The number of amides is 1. The molecular formula is C24H33FN6O2. The normalized spacial score (nSPS) is 22.9. The maximum atomic E-state index is 13.2. The third-order valence-corrected chi connectivity index (χ3v) is 7.00. The summed E-state index contributed by atoms with van der Waals surface area (Å²) in [5.74, 6) is -0.135. The van der Waals surface area contributed by atoms with Crippen molar-refractivity contribution < 1.29 is 14.3 Å². The van der Waals surface area contributed by atoms with Gasteiger partial charge in [-0.15, -0.1) is 5.10 Å². The molecule has 0 spiro atoms. The number of halogens is 1. The molecule has 8 nitrogen and oxygen atoms in total. The number of piperidine rings is 1. The molecule has 33 heavy (non-hydrogen) atoms. The predicted molar refractivity (Wildman–Crippen MR) is 124 cm³/mol. The average Bonchev–Trinajstić information content (AvgIpc) is 2.84. The van der Waals surface area contributed by atoms with E-state index in [4.69, 9.17) is 0 Å². The molecule has 1 aromatic carbocycles. The van der Waals surface area contributed by atoms with Gasteiger partial charge in [-0.05, 0) is 82.8 Å². The van der Waals surface area contributed by atoms with Gasteiger partial charge in [-0.1, -0.05) is 0 Å². The monoisotopic (exact) mass is 456 g/mol. The molecule has 1 aliphatic heterocycles. The van der Waals surface area contributed by atoms with E-state index in [2.05, 4.69) is 39.5 Å². The third kappa shape index (κ3) is 5.83. The van der Waals surface area contributed by atoms with Crippen molar-refractivity contribution in [3.63, 3.8) is 0 Å². The van der Waals surface area contributed by atoms with E-state index in [0.29, 0.717) is 43.6 Å². The van der Waals surface area contributed by atoms with E-state index in [0.717, 1.165) is 31.2 Å². The minimum atomic E-state index is -0.997. The molecule has 0 radical (unpaired) electrons. The first kappa shape index (κ1) is 23.5. The molecule has 1 saturated carbocycles. The van der Waals surface area contributed by atoms with Crippen molar-refractivity contribution in [2.24, 2.45) is 5.92 Å². The molecule has 1 aromatic heterocycles. The zero-order chi connectivity index (χ0) is 23.4. The summed E-state index contributed by atoms with van der Waals surface area (Å²) in [5, 5.41) is 21.9. The van der Waals surface area contributed by atoms with Crippen LogP contribution in [0, 0.1) is 11.7 Å². The highest BCUT2D eigenvalue weighted by Gasteiger charge is 2.32. The molecule has 1 saturated heterocycles. The highest BCUT2D eigenvalue weighted by molar-refractivity contribution is 5.81. The Labute approximate surface area is 194 Å². The molecule has 178 valence electrons. The van der Waals surface area contributed by atoms with Gasteiger partial charge in [-0.3, -0.25) is 4.79 Å². The molecular weight excluding hydrogens is 423 g/mol. The molecule has 2 N–H and O–H groups in total. The second-order valence-corrected chi connectivity index (χ2v) is 9.40. The first-order chi connectivity index (χ1) is 15.9. The molecule has 1 amide bonds. The standard InChI is InChI=1S/C24H33FN6O2/c1-30(2)20-9-7-19(8-10-20)27-23(33)22(32)17-11-13-31(14-12-17)24-28-21(15-26-29-24)16-3-5-18(25)6-4-16/h3-6,15,17,19-20,22,32H,7-14H2,1-2H3,(H,27,33)/t19-,20-,22?. The topological polar surface area (TPSA) is 94.5 Å². The number of anilines is 1. The first-order valence-electron chi connectivity index (χ1n) is 11.8. The van der Waals surface area contributed by atoms with E-state index < -0.39 is 6.10 Å². The van der Waals surface area contributed by atoms with Crippen LogP contribution in [0.2, 0.25) is 0 Å². The van der Waals surface area contributed by atoms with Crippen molar-refractivity contribution in [3.8, 4) is 11.3 Å². The van der Waals surface area contributed by atoms with Crippen molar-refractivity contribution in [2.45, 2.75) is 56.7 Å². The van der Waals surface area contributed by atoms with Crippen LogP contribution in [0.25, 0.3) is 11.3 Å². The van der Waals surface area contributed by atoms with Gasteiger partial charge < -0.3 is 20.2 Å². The molecule has 2 aromatic rings. The van der Waals surface area contributed by atoms with Crippen molar-refractivity contribution in [1.82, 2.24) is 25.4 Å². The quantitative estimate of drug-likeness (QED) is 0.688. The van der Waals surface area contributed by atoms with Crippen molar-refractivity contribution in [3.05, 3.63) is 36.3 Å². The number of nitrogens with zero attached hydrogens (tertiary/aromatic N) is 5. The Morgan fingerprint density at radius 1 is 1.12 bits per heavy atom. The SMILES string of the molecule is CN(C)[C@H]1CC[C@H](NC(=O)C(O)C2CCN(c3nncc(-c4ccc(F)cc4)n3)CC2)CC1. The van der Waals surface area contributed by atoms with Gasteiger partial charge in [0.05, 0.1) is 11.9 Å². The highest BCUT2D eigenvalue weighted by Crippen LogP contribution is 2.26. The molecule has 2 fully saturated rings. The number of carbonyl (C=O) groups excluding carboxylic acids is 1. The maximum absolute atomic E-state index is 13.2. The van der Waals surface area contributed by atoms with Gasteiger partial charge in [0.25, 0.3) is 0 Å². The molecule has 1 aliphatic carbocycles. The van der Waals surface area contributed by atoms with Crippen LogP contribution >= 0.6 is 0 Å². The average molecular weight is 457 g/mol. The number of benzene rings is 1. The second-order valence-electron chi connectivity index (χ2n) is 9.40. The smallest absolute Gasteiger partial charge is 0.249 e. The van der Waals surface area contributed by atoms with E-state index in [1.165, 1.54) is 12.1 Å². The Kier molecular flexibility index (Phi) is 7.49.